The molecule has 128 valence electrons. The molecule has 1 aliphatic rings. The van der Waals surface area contributed by atoms with E-state index >= 15 is 0 Å². The predicted molar refractivity (Wildman–Crippen MR) is 99.7 cm³/mol. The highest BCUT2D eigenvalue weighted by atomic mass is 32.1. The lowest BCUT2D eigenvalue weighted by molar-refractivity contribution is 0.0728. The smallest absolute Gasteiger partial charge is 0.264 e. The number of hydrogen-bond donors (Lipinski definition) is 0. The van der Waals surface area contributed by atoms with Gasteiger partial charge in [0.2, 0.25) is 0 Å². The van der Waals surface area contributed by atoms with E-state index in [2.05, 4.69) is 40.7 Å². The monoisotopic (exact) mass is 351 g/mol. The molecule has 1 aromatic carbocycles. The minimum Gasteiger partial charge on any atom is -0.329 e. The van der Waals surface area contributed by atoms with Gasteiger partial charge < -0.3 is 9.47 Å². The summed E-state index contributed by atoms with van der Waals surface area (Å²) in [6.45, 7) is 3.45. The molecule has 4 nitrogen and oxygen atoms in total. The highest BCUT2D eigenvalue weighted by molar-refractivity contribution is 7.12. The third-order valence-corrected chi connectivity index (χ3v) is 5.39. The van der Waals surface area contributed by atoms with E-state index in [0.717, 1.165) is 30.1 Å². The highest BCUT2D eigenvalue weighted by Gasteiger charge is 2.34. The second-order valence-electron chi connectivity index (χ2n) is 6.60. The van der Waals surface area contributed by atoms with Crippen molar-refractivity contribution in [1.29, 1.82) is 0 Å². The number of rotatable bonds is 6. The maximum Gasteiger partial charge on any atom is 0.264 e. The van der Waals surface area contributed by atoms with E-state index in [1.807, 2.05) is 34.8 Å². The Hall–Kier alpha value is -2.40. The first kappa shape index (κ1) is 16.1. The third kappa shape index (κ3) is 3.66. The van der Waals surface area contributed by atoms with E-state index in [1.54, 1.807) is 0 Å². The van der Waals surface area contributed by atoms with Gasteiger partial charge in [-0.1, -0.05) is 35.9 Å². The molecule has 0 bridgehead atoms. The van der Waals surface area contributed by atoms with Gasteiger partial charge in [0.15, 0.2) is 0 Å². The van der Waals surface area contributed by atoms with Gasteiger partial charge in [-0.3, -0.25) is 4.79 Å². The summed E-state index contributed by atoms with van der Waals surface area (Å²) in [7, 11) is 0. The molecule has 5 heteroatoms. The summed E-state index contributed by atoms with van der Waals surface area (Å²) in [6.07, 6.45) is 6.01. The third-order valence-electron chi connectivity index (χ3n) is 4.53. The van der Waals surface area contributed by atoms with Gasteiger partial charge in [-0.15, -0.1) is 11.3 Å². The van der Waals surface area contributed by atoms with E-state index in [4.69, 9.17) is 0 Å². The van der Waals surface area contributed by atoms with Crippen LogP contribution in [0, 0.1) is 6.92 Å². The van der Waals surface area contributed by atoms with Gasteiger partial charge in [0.1, 0.15) is 5.82 Å². The fourth-order valence-electron chi connectivity index (χ4n) is 3.09. The minimum atomic E-state index is 0.127. The van der Waals surface area contributed by atoms with Crippen molar-refractivity contribution in [3.63, 3.8) is 0 Å². The fourth-order valence-corrected chi connectivity index (χ4v) is 3.77. The quantitative estimate of drug-likeness (QED) is 0.670. The Morgan fingerprint density at radius 3 is 2.92 bits per heavy atom. The van der Waals surface area contributed by atoms with Crippen LogP contribution in [0.1, 0.15) is 39.5 Å². The lowest BCUT2D eigenvalue weighted by Crippen LogP contribution is -2.33. The second-order valence-corrected chi connectivity index (χ2v) is 7.55. The molecule has 1 aliphatic carbocycles. The number of benzene rings is 1. The van der Waals surface area contributed by atoms with E-state index in [0.29, 0.717) is 12.6 Å². The first-order chi connectivity index (χ1) is 12.2. The van der Waals surface area contributed by atoms with Crippen molar-refractivity contribution in [2.75, 3.05) is 0 Å². The van der Waals surface area contributed by atoms with Crippen LogP contribution in [0.3, 0.4) is 0 Å². The molecule has 0 unspecified atom stereocenters. The molecule has 0 spiro atoms. The molecular weight excluding hydrogens is 330 g/mol. The summed E-state index contributed by atoms with van der Waals surface area (Å²) in [4.78, 5) is 20.1. The number of amides is 1. The standard InChI is InChI=1S/C20H21N3OS/c1-15-4-2-5-16(12-15)13-22-10-9-21-19(22)14-23(17-7-8-17)20(24)18-6-3-11-25-18/h2-6,9-12,17H,7-8,13-14H2,1H3. The molecule has 25 heavy (non-hydrogen) atoms. The van der Waals surface area contributed by atoms with Crippen LogP contribution >= 0.6 is 11.3 Å². The van der Waals surface area contributed by atoms with Crippen molar-refractivity contribution < 1.29 is 4.79 Å². The first-order valence-corrected chi connectivity index (χ1v) is 9.49. The number of nitrogens with zero attached hydrogens (tertiary/aromatic N) is 3. The Balaban J connectivity index is 1.54. The fraction of sp³-hybridized carbons (Fsp3) is 0.300. The Bertz CT molecular complexity index is 865. The van der Waals surface area contributed by atoms with Crippen LogP contribution in [0.25, 0.3) is 0 Å². The number of hydrogen-bond acceptors (Lipinski definition) is 3. The topological polar surface area (TPSA) is 38.1 Å². The summed E-state index contributed by atoms with van der Waals surface area (Å²) < 4.78 is 2.14. The van der Waals surface area contributed by atoms with Crippen molar-refractivity contribution in [2.45, 2.75) is 38.9 Å². The number of carbonyl (C=O) groups is 1. The first-order valence-electron chi connectivity index (χ1n) is 8.61. The highest BCUT2D eigenvalue weighted by Crippen LogP contribution is 2.30. The van der Waals surface area contributed by atoms with Crippen LogP contribution in [0.15, 0.2) is 54.2 Å². The number of aromatic nitrogens is 2. The maximum atomic E-state index is 12.8. The number of aryl methyl sites for hydroxylation is 1. The summed E-state index contributed by atoms with van der Waals surface area (Å²) in [6, 6.07) is 12.7. The normalized spacial score (nSPS) is 13.8. The van der Waals surface area contributed by atoms with Gasteiger partial charge in [-0.05, 0) is 36.8 Å². The van der Waals surface area contributed by atoms with Crippen LogP contribution in [-0.4, -0.2) is 26.4 Å². The van der Waals surface area contributed by atoms with E-state index in [1.165, 1.54) is 22.5 Å². The van der Waals surface area contributed by atoms with Gasteiger partial charge >= 0.3 is 0 Å². The molecule has 0 aliphatic heterocycles. The zero-order valence-electron chi connectivity index (χ0n) is 14.3. The Labute approximate surface area is 151 Å². The van der Waals surface area contributed by atoms with Gasteiger partial charge in [0.05, 0.1) is 11.4 Å². The van der Waals surface area contributed by atoms with Crippen molar-refractivity contribution in [1.82, 2.24) is 14.5 Å². The molecule has 1 saturated carbocycles. The Kier molecular flexibility index (Phi) is 4.40. The van der Waals surface area contributed by atoms with Crippen LogP contribution < -0.4 is 0 Å². The van der Waals surface area contributed by atoms with E-state index in [9.17, 15) is 4.79 Å². The molecule has 0 N–H and O–H groups in total. The molecule has 1 fully saturated rings. The van der Waals surface area contributed by atoms with Gasteiger partial charge in [-0.2, -0.15) is 0 Å². The van der Waals surface area contributed by atoms with Crippen LogP contribution in [-0.2, 0) is 13.1 Å². The van der Waals surface area contributed by atoms with Crippen LogP contribution in [0.5, 0.6) is 0 Å². The van der Waals surface area contributed by atoms with E-state index < -0.39 is 0 Å². The Morgan fingerprint density at radius 1 is 1.32 bits per heavy atom. The average Bonchev–Trinajstić information content (AvgIpc) is 3.11. The van der Waals surface area contributed by atoms with Crippen molar-refractivity contribution >= 4 is 17.2 Å². The van der Waals surface area contributed by atoms with Crippen LogP contribution in [0.2, 0.25) is 0 Å². The SMILES string of the molecule is Cc1cccc(Cn2ccnc2CN(C(=O)c2cccs2)C2CC2)c1. The Morgan fingerprint density at radius 2 is 2.20 bits per heavy atom. The summed E-state index contributed by atoms with van der Waals surface area (Å²) in [5, 5.41) is 1.96. The largest absolute Gasteiger partial charge is 0.329 e. The van der Waals surface area contributed by atoms with Gasteiger partial charge in [-0.25, -0.2) is 4.98 Å². The molecular formula is C20H21N3OS. The number of thiophene rings is 1. The van der Waals surface area contributed by atoms with Crippen molar-refractivity contribution in [3.05, 3.63) is 76.0 Å². The maximum absolute atomic E-state index is 12.8. The van der Waals surface area contributed by atoms with Gasteiger partial charge in [0, 0.05) is 25.0 Å². The summed E-state index contributed by atoms with van der Waals surface area (Å²) in [5.41, 5.74) is 2.51. The number of imidazole rings is 1. The molecule has 2 aromatic heterocycles. The zero-order chi connectivity index (χ0) is 17.2. The van der Waals surface area contributed by atoms with Crippen LogP contribution in [0.4, 0.5) is 0 Å². The summed E-state index contributed by atoms with van der Waals surface area (Å²) in [5.74, 6) is 1.07. The minimum absolute atomic E-state index is 0.127. The zero-order valence-corrected chi connectivity index (χ0v) is 15.1. The van der Waals surface area contributed by atoms with Crippen molar-refractivity contribution in [2.24, 2.45) is 0 Å². The summed E-state index contributed by atoms with van der Waals surface area (Å²) >= 11 is 1.51. The molecule has 4 rings (SSSR count). The average molecular weight is 351 g/mol. The predicted octanol–water partition coefficient (Wildman–Crippen LogP) is 4.11. The second kappa shape index (κ2) is 6.84. The lowest BCUT2D eigenvalue weighted by atomic mass is 10.1. The molecule has 0 saturated heterocycles. The molecule has 1 amide bonds. The molecule has 0 atom stereocenters. The van der Waals surface area contributed by atoms with E-state index in [-0.39, 0.29) is 5.91 Å². The molecule has 3 aromatic rings. The van der Waals surface area contributed by atoms with Gasteiger partial charge in [0.25, 0.3) is 5.91 Å². The molecule has 0 radical (unpaired) electrons. The lowest BCUT2D eigenvalue weighted by Gasteiger charge is -2.22. The number of carbonyl (C=O) groups excluding carboxylic acids is 1. The molecule has 2 heterocycles. The van der Waals surface area contributed by atoms with Crippen molar-refractivity contribution in [3.8, 4) is 0 Å².